The fraction of sp³-hybridized carbons (Fsp3) is 0.333. The maximum atomic E-state index is 13.1. The fourth-order valence-corrected chi connectivity index (χ4v) is 3.88. The van der Waals surface area contributed by atoms with Crippen LogP contribution in [0.4, 0.5) is 15.8 Å². The second-order valence-electron chi connectivity index (χ2n) is 7.06. The van der Waals surface area contributed by atoms with Gasteiger partial charge < -0.3 is 15.0 Å². The van der Waals surface area contributed by atoms with E-state index in [-0.39, 0.29) is 29.8 Å². The number of cyclic esters (lactones) is 1. The molecule has 2 aliphatic rings. The molecule has 0 radical (unpaired) electrons. The van der Waals surface area contributed by atoms with E-state index in [9.17, 15) is 14.0 Å². The molecule has 6 heteroatoms. The summed E-state index contributed by atoms with van der Waals surface area (Å²) < 4.78 is 18.4. The summed E-state index contributed by atoms with van der Waals surface area (Å²) in [5, 5.41) is 2.93. The quantitative estimate of drug-likeness (QED) is 0.842. The van der Waals surface area contributed by atoms with E-state index in [1.54, 1.807) is 0 Å². The SMILES string of the molecule is CC1CC(N2CCCc3c(NC(=O)c4ccc(F)cc4)cccc32)C(=O)O1. The van der Waals surface area contributed by atoms with Gasteiger partial charge in [0.15, 0.2) is 0 Å². The number of nitrogens with zero attached hydrogens (tertiary/aromatic N) is 1. The lowest BCUT2D eigenvalue weighted by Gasteiger charge is -2.35. The van der Waals surface area contributed by atoms with Crippen LogP contribution in [0.3, 0.4) is 0 Å². The van der Waals surface area contributed by atoms with Crippen molar-refractivity contribution in [3.63, 3.8) is 0 Å². The van der Waals surface area contributed by atoms with E-state index < -0.39 is 0 Å². The number of esters is 1. The summed E-state index contributed by atoms with van der Waals surface area (Å²) in [6.07, 6.45) is 2.32. The van der Waals surface area contributed by atoms with Crippen LogP contribution in [-0.2, 0) is 16.0 Å². The number of carbonyl (C=O) groups excluding carboxylic acids is 2. The number of ether oxygens (including phenoxy) is 1. The van der Waals surface area contributed by atoms with Gasteiger partial charge in [-0.1, -0.05) is 6.07 Å². The Kier molecular flexibility index (Phi) is 4.56. The molecule has 0 aliphatic carbocycles. The van der Waals surface area contributed by atoms with E-state index in [1.807, 2.05) is 25.1 Å². The zero-order chi connectivity index (χ0) is 19.0. The Labute approximate surface area is 157 Å². The molecule has 140 valence electrons. The van der Waals surface area contributed by atoms with Crippen LogP contribution in [0.1, 0.15) is 35.7 Å². The highest BCUT2D eigenvalue weighted by Gasteiger charge is 2.38. The Balaban J connectivity index is 1.61. The number of fused-ring (bicyclic) bond motifs is 1. The van der Waals surface area contributed by atoms with Gasteiger partial charge in [0.25, 0.3) is 5.91 Å². The van der Waals surface area contributed by atoms with Gasteiger partial charge in [-0.05, 0) is 61.7 Å². The van der Waals surface area contributed by atoms with Gasteiger partial charge in [-0.3, -0.25) is 4.79 Å². The normalized spacial score (nSPS) is 21.6. The highest BCUT2D eigenvalue weighted by atomic mass is 19.1. The van der Waals surface area contributed by atoms with Crippen LogP contribution in [0.15, 0.2) is 42.5 Å². The standard InChI is InChI=1S/C21H21FN2O3/c1-13-12-19(21(26)27-13)24-11-3-4-16-17(5-2-6-18(16)24)23-20(25)14-7-9-15(22)10-8-14/h2,5-10,13,19H,3-4,11-12H2,1H3,(H,23,25). The minimum atomic E-state index is -0.378. The average molecular weight is 368 g/mol. The maximum absolute atomic E-state index is 13.1. The van der Waals surface area contributed by atoms with Crippen molar-refractivity contribution in [2.75, 3.05) is 16.8 Å². The summed E-state index contributed by atoms with van der Waals surface area (Å²) in [5.74, 6) is -0.845. The number of benzene rings is 2. The average Bonchev–Trinajstić information content (AvgIpc) is 3.00. The van der Waals surface area contributed by atoms with Gasteiger partial charge in [0.1, 0.15) is 18.0 Å². The Hall–Kier alpha value is -2.89. The Morgan fingerprint density at radius 3 is 2.70 bits per heavy atom. The summed E-state index contributed by atoms with van der Waals surface area (Å²) >= 11 is 0. The van der Waals surface area contributed by atoms with E-state index in [2.05, 4.69) is 10.2 Å². The summed E-state index contributed by atoms with van der Waals surface area (Å²) in [5.41, 5.74) is 3.11. The number of anilines is 2. The largest absolute Gasteiger partial charge is 0.461 e. The second-order valence-corrected chi connectivity index (χ2v) is 7.06. The lowest BCUT2D eigenvalue weighted by Crippen LogP contribution is -2.42. The number of amides is 1. The Morgan fingerprint density at radius 2 is 2.00 bits per heavy atom. The van der Waals surface area contributed by atoms with Crippen molar-refractivity contribution in [1.29, 1.82) is 0 Å². The van der Waals surface area contributed by atoms with E-state index >= 15 is 0 Å². The van der Waals surface area contributed by atoms with Crippen molar-refractivity contribution in [1.82, 2.24) is 0 Å². The van der Waals surface area contributed by atoms with E-state index in [0.29, 0.717) is 12.0 Å². The molecular weight excluding hydrogens is 347 g/mol. The van der Waals surface area contributed by atoms with Crippen LogP contribution < -0.4 is 10.2 Å². The maximum Gasteiger partial charge on any atom is 0.329 e. The minimum absolute atomic E-state index is 0.0748. The van der Waals surface area contributed by atoms with Crippen molar-refractivity contribution in [3.05, 3.63) is 59.4 Å². The lowest BCUT2D eigenvalue weighted by molar-refractivity contribution is -0.141. The predicted molar refractivity (Wildman–Crippen MR) is 100 cm³/mol. The molecule has 5 nitrogen and oxygen atoms in total. The third-order valence-electron chi connectivity index (χ3n) is 5.16. The van der Waals surface area contributed by atoms with Gasteiger partial charge in [-0.2, -0.15) is 0 Å². The molecule has 0 aromatic heterocycles. The van der Waals surface area contributed by atoms with Gasteiger partial charge >= 0.3 is 5.97 Å². The molecule has 27 heavy (non-hydrogen) atoms. The molecule has 1 N–H and O–H groups in total. The first-order valence-corrected chi connectivity index (χ1v) is 9.19. The van der Waals surface area contributed by atoms with Crippen molar-refractivity contribution in [2.24, 2.45) is 0 Å². The number of rotatable bonds is 3. The van der Waals surface area contributed by atoms with Gasteiger partial charge in [0, 0.05) is 29.9 Å². The molecule has 2 unspecified atom stereocenters. The third kappa shape index (κ3) is 3.39. The van der Waals surface area contributed by atoms with Gasteiger partial charge in [-0.15, -0.1) is 0 Å². The van der Waals surface area contributed by atoms with Gasteiger partial charge in [-0.25, -0.2) is 9.18 Å². The number of nitrogens with one attached hydrogen (secondary N) is 1. The molecule has 2 aliphatic heterocycles. The third-order valence-corrected chi connectivity index (χ3v) is 5.16. The van der Waals surface area contributed by atoms with Gasteiger partial charge in [0.05, 0.1) is 0 Å². The molecule has 1 saturated heterocycles. The van der Waals surface area contributed by atoms with Crippen LogP contribution in [0.2, 0.25) is 0 Å². The van der Waals surface area contributed by atoms with Crippen LogP contribution in [0.5, 0.6) is 0 Å². The molecule has 2 aromatic rings. The molecule has 2 atom stereocenters. The first kappa shape index (κ1) is 17.5. The van der Waals surface area contributed by atoms with Crippen LogP contribution in [-0.4, -0.2) is 30.6 Å². The van der Waals surface area contributed by atoms with E-state index in [4.69, 9.17) is 4.74 Å². The molecule has 0 bridgehead atoms. The highest BCUT2D eigenvalue weighted by Crippen LogP contribution is 2.36. The Bertz CT molecular complexity index is 881. The number of carbonyl (C=O) groups is 2. The van der Waals surface area contributed by atoms with Crippen LogP contribution in [0, 0.1) is 5.82 Å². The monoisotopic (exact) mass is 368 g/mol. The molecule has 2 heterocycles. The van der Waals surface area contributed by atoms with Crippen molar-refractivity contribution < 1.29 is 18.7 Å². The molecule has 4 rings (SSSR count). The molecular formula is C21H21FN2O3. The lowest BCUT2D eigenvalue weighted by atomic mass is 9.97. The van der Waals surface area contributed by atoms with E-state index in [0.717, 1.165) is 36.3 Å². The molecule has 1 amide bonds. The van der Waals surface area contributed by atoms with Crippen molar-refractivity contribution in [3.8, 4) is 0 Å². The first-order valence-electron chi connectivity index (χ1n) is 9.19. The number of halogens is 1. The summed E-state index contributed by atoms with van der Waals surface area (Å²) in [4.78, 5) is 26.8. The minimum Gasteiger partial charge on any atom is -0.461 e. The Morgan fingerprint density at radius 1 is 1.22 bits per heavy atom. The topological polar surface area (TPSA) is 58.6 Å². The van der Waals surface area contributed by atoms with Crippen molar-refractivity contribution >= 4 is 23.3 Å². The first-order chi connectivity index (χ1) is 13.0. The summed E-state index contributed by atoms with van der Waals surface area (Å²) in [7, 11) is 0. The molecule has 2 aromatic carbocycles. The fourth-order valence-electron chi connectivity index (χ4n) is 3.88. The molecule has 0 spiro atoms. The number of hydrogen-bond donors (Lipinski definition) is 1. The van der Waals surface area contributed by atoms with Crippen LogP contribution in [0.25, 0.3) is 0 Å². The van der Waals surface area contributed by atoms with E-state index in [1.165, 1.54) is 24.3 Å². The predicted octanol–water partition coefficient (Wildman–Crippen LogP) is 3.53. The highest BCUT2D eigenvalue weighted by molar-refractivity contribution is 6.05. The smallest absolute Gasteiger partial charge is 0.329 e. The zero-order valence-electron chi connectivity index (χ0n) is 15.1. The van der Waals surface area contributed by atoms with Gasteiger partial charge in [0.2, 0.25) is 0 Å². The summed E-state index contributed by atoms with van der Waals surface area (Å²) in [6.45, 7) is 2.69. The summed E-state index contributed by atoms with van der Waals surface area (Å²) in [6, 6.07) is 10.9. The number of hydrogen-bond acceptors (Lipinski definition) is 4. The zero-order valence-corrected chi connectivity index (χ0v) is 15.1. The van der Waals surface area contributed by atoms with Crippen molar-refractivity contribution in [2.45, 2.75) is 38.3 Å². The molecule has 0 saturated carbocycles. The molecule has 1 fully saturated rings. The van der Waals surface area contributed by atoms with Crippen LogP contribution >= 0.6 is 0 Å². The second kappa shape index (κ2) is 7.02.